The van der Waals surface area contributed by atoms with Gasteiger partial charge in [-0.3, -0.25) is 4.90 Å². The second-order valence-corrected chi connectivity index (χ2v) is 9.74. The monoisotopic (exact) mass is 482 g/mol. The lowest BCUT2D eigenvalue weighted by molar-refractivity contribution is -0.253. The van der Waals surface area contributed by atoms with Gasteiger partial charge in [-0.2, -0.15) is 0 Å². The number of nitrogen functional groups attached to an aromatic ring is 1. The lowest BCUT2D eigenvalue weighted by Crippen LogP contribution is -2.38. The summed E-state index contributed by atoms with van der Waals surface area (Å²) in [6.07, 6.45) is 0.0959. The van der Waals surface area contributed by atoms with Crippen molar-refractivity contribution in [2.75, 3.05) is 19.3 Å². The zero-order chi connectivity index (χ0) is 25.1. The predicted molar refractivity (Wildman–Crippen MR) is 144 cm³/mol. The van der Waals surface area contributed by atoms with Gasteiger partial charge in [-0.15, -0.1) is 0 Å². The fourth-order valence-electron chi connectivity index (χ4n) is 4.94. The number of rotatable bonds is 7. The van der Waals surface area contributed by atoms with Gasteiger partial charge in [0.1, 0.15) is 0 Å². The van der Waals surface area contributed by atoms with Gasteiger partial charge in [0.2, 0.25) is 0 Å². The van der Waals surface area contributed by atoms with E-state index in [-0.39, 0.29) is 24.9 Å². The van der Waals surface area contributed by atoms with E-state index in [1.807, 2.05) is 48.5 Å². The van der Waals surface area contributed by atoms with E-state index >= 15 is 0 Å². The molecule has 0 radical (unpaired) electrons. The number of benzene rings is 4. The van der Waals surface area contributed by atoms with Crippen LogP contribution in [0.15, 0.2) is 91.0 Å². The van der Waals surface area contributed by atoms with Crippen LogP contribution >= 0.6 is 0 Å². The molecule has 5 rings (SSSR count). The van der Waals surface area contributed by atoms with Gasteiger partial charge < -0.3 is 20.3 Å². The Bertz CT molecular complexity index is 1310. The second-order valence-electron chi connectivity index (χ2n) is 9.74. The molecule has 0 saturated carbocycles. The first kappa shape index (κ1) is 24.5. The number of nitrogens with two attached hydrogens (primary N) is 1. The molecular formula is C31H34N2O3. The third-order valence-corrected chi connectivity index (χ3v) is 7.21. The van der Waals surface area contributed by atoms with Gasteiger partial charge in [0.15, 0.2) is 6.29 Å². The molecule has 0 aliphatic carbocycles. The van der Waals surface area contributed by atoms with Gasteiger partial charge in [-0.05, 0) is 59.6 Å². The Morgan fingerprint density at radius 3 is 2.42 bits per heavy atom. The molecule has 1 heterocycles. The maximum Gasteiger partial charge on any atom is 0.185 e. The van der Waals surface area contributed by atoms with Crippen LogP contribution in [0.5, 0.6) is 0 Å². The van der Waals surface area contributed by atoms with Crippen molar-refractivity contribution in [1.29, 1.82) is 0 Å². The third-order valence-electron chi connectivity index (χ3n) is 7.21. The lowest BCUT2D eigenvalue weighted by atomic mass is 9.98. The summed E-state index contributed by atoms with van der Waals surface area (Å²) >= 11 is 0. The molecule has 1 fully saturated rings. The molecule has 1 aliphatic heterocycles. The third kappa shape index (κ3) is 5.45. The molecule has 5 heteroatoms. The number of fused-ring (bicyclic) bond motifs is 1. The first-order chi connectivity index (χ1) is 17.5. The normalized spacial score (nSPS) is 21.1. The zero-order valence-corrected chi connectivity index (χ0v) is 20.9. The van der Waals surface area contributed by atoms with Crippen LogP contribution < -0.4 is 5.73 Å². The summed E-state index contributed by atoms with van der Waals surface area (Å²) in [6, 6.07) is 31.1. The van der Waals surface area contributed by atoms with Gasteiger partial charge in [0.05, 0.1) is 18.8 Å². The fourth-order valence-corrected chi connectivity index (χ4v) is 4.94. The van der Waals surface area contributed by atoms with Crippen molar-refractivity contribution in [3.63, 3.8) is 0 Å². The Morgan fingerprint density at radius 1 is 0.889 bits per heavy atom. The SMILES string of the molecule is C[C@H](c1ccc2ccccc2c1)N(C)C[C@H]1C[C@@H](c2ccc(CO)cc2)O[C@@H](c2cccc(N)c2)O1. The maximum absolute atomic E-state index is 9.43. The van der Waals surface area contributed by atoms with Gasteiger partial charge in [0, 0.05) is 30.3 Å². The Labute approximate surface area is 213 Å². The predicted octanol–water partition coefficient (Wildman–Crippen LogP) is 6.15. The second kappa shape index (κ2) is 10.8. The summed E-state index contributed by atoms with van der Waals surface area (Å²) < 4.78 is 12.9. The molecule has 1 saturated heterocycles. The Kier molecular flexibility index (Phi) is 7.35. The van der Waals surface area contributed by atoms with Gasteiger partial charge >= 0.3 is 0 Å². The number of anilines is 1. The highest BCUT2D eigenvalue weighted by molar-refractivity contribution is 5.83. The number of aliphatic hydroxyl groups is 1. The van der Waals surface area contributed by atoms with Crippen molar-refractivity contribution in [3.05, 3.63) is 113 Å². The largest absolute Gasteiger partial charge is 0.399 e. The molecule has 4 aromatic carbocycles. The smallest absolute Gasteiger partial charge is 0.185 e. The molecule has 36 heavy (non-hydrogen) atoms. The lowest BCUT2D eigenvalue weighted by Gasteiger charge is -2.39. The molecule has 1 aliphatic rings. The molecule has 3 N–H and O–H groups in total. The van der Waals surface area contributed by atoms with Crippen LogP contribution in [0.4, 0.5) is 5.69 Å². The van der Waals surface area contributed by atoms with Gasteiger partial charge in [0.25, 0.3) is 0 Å². The molecule has 0 unspecified atom stereocenters. The molecule has 0 amide bonds. The van der Waals surface area contributed by atoms with Crippen molar-refractivity contribution < 1.29 is 14.6 Å². The van der Waals surface area contributed by atoms with Crippen molar-refractivity contribution >= 4 is 16.5 Å². The Morgan fingerprint density at radius 2 is 1.67 bits per heavy atom. The molecule has 186 valence electrons. The Balaban J connectivity index is 1.36. The first-order valence-corrected chi connectivity index (χ1v) is 12.5. The van der Waals surface area contributed by atoms with Crippen LogP contribution in [0.3, 0.4) is 0 Å². The molecule has 4 aromatic rings. The fraction of sp³-hybridized carbons (Fsp3) is 0.290. The number of nitrogens with zero attached hydrogens (tertiary/aromatic N) is 1. The summed E-state index contributed by atoms with van der Waals surface area (Å²) in [5, 5.41) is 11.9. The van der Waals surface area contributed by atoms with E-state index in [9.17, 15) is 5.11 Å². The summed E-state index contributed by atoms with van der Waals surface area (Å²) in [5.41, 5.74) is 10.9. The summed E-state index contributed by atoms with van der Waals surface area (Å²) in [5.74, 6) is 0. The molecule has 0 aromatic heterocycles. The average Bonchev–Trinajstić information content (AvgIpc) is 2.92. The quantitative estimate of drug-likeness (QED) is 0.309. The highest BCUT2D eigenvalue weighted by Gasteiger charge is 2.33. The van der Waals surface area contributed by atoms with Crippen molar-refractivity contribution in [2.45, 2.75) is 44.5 Å². The number of aliphatic hydroxyl groups excluding tert-OH is 1. The number of hydrogen-bond acceptors (Lipinski definition) is 5. The maximum atomic E-state index is 9.43. The summed E-state index contributed by atoms with van der Waals surface area (Å²) in [4.78, 5) is 2.35. The molecule has 4 atom stereocenters. The van der Waals surface area contributed by atoms with E-state index in [0.29, 0.717) is 5.69 Å². The van der Waals surface area contributed by atoms with Crippen LogP contribution in [0, 0.1) is 0 Å². The Hall–Kier alpha value is -3.22. The minimum atomic E-state index is -0.501. The van der Waals surface area contributed by atoms with Crippen molar-refractivity contribution in [2.24, 2.45) is 0 Å². The summed E-state index contributed by atoms with van der Waals surface area (Å²) in [6.45, 7) is 3.03. The molecular weight excluding hydrogens is 448 g/mol. The van der Waals surface area contributed by atoms with Crippen LogP contribution in [0.25, 0.3) is 10.8 Å². The topological polar surface area (TPSA) is 68.0 Å². The van der Waals surface area contributed by atoms with Crippen molar-refractivity contribution in [1.82, 2.24) is 4.90 Å². The van der Waals surface area contributed by atoms with E-state index < -0.39 is 6.29 Å². The number of hydrogen-bond donors (Lipinski definition) is 2. The van der Waals surface area contributed by atoms with Crippen LogP contribution in [0.2, 0.25) is 0 Å². The van der Waals surface area contributed by atoms with Gasteiger partial charge in [-0.25, -0.2) is 0 Å². The first-order valence-electron chi connectivity index (χ1n) is 12.5. The minimum Gasteiger partial charge on any atom is -0.399 e. The average molecular weight is 483 g/mol. The van der Waals surface area contributed by atoms with E-state index in [2.05, 4.69) is 61.3 Å². The van der Waals surface area contributed by atoms with Crippen LogP contribution in [-0.4, -0.2) is 29.7 Å². The van der Waals surface area contributed by atoms with Gasteiger partial charge in [-0.1, -0.05) is 72.8 Å². The van der Waals surface area contributed by atoms with E-state index in [1.165, 1.54) is 16.3 Å². The van der Waals surface area contributed by atoms with E-state index in [0.717, 1.165) is 29.7 Å². The zero-order valence-electron chi connectivity index (χ0n) is 20.9. The van der Waals surface area contributed by atoms with E-state index in [1.54, 1.807) is 0 Å². The highest BCUT2D eigenvalue weighted by Crippen LogP contribution is 2.39. The molecule has 5 nitrogen and oxygen atoms in total. The number of likely N-dealkylation sites (N-methyl/N-ethyl adjacent to an activating group) is 1. The minimum absolute atomic E-state index is 0.0272. The van der Waals surface area contributed by atoms with E-state index in [4.69, 9.17) is 15.2 Å². The molecule has 0 bridgehead atoms. The van der Waals surface area contributed by atoms with Crippen LogP contribution in [0.1, 0.15) is 54.0 Å². The molecule has 0 spiro atoms. The summed E-state index contributed by atoms with van der Waals surface area (Å²) in [7, 11) is 2.15. The van der Waals surface area contributed by atoms with Crippen molar-refractivity contribution in [3.8, 4) is 0 Å². The van der Waals surface area contributed by atoms with Crippen LogP contribution in [-0.2, 0) is 16.1 Å². The highest BCUT2D eigenvalue weighted by atomic mass is 16.7. The standard InChI is InChI=1S/C31H34N2O3/c1-21(25-15-14-23-6-3-4-7-26(23)16-25)33(2)19-29-18-30(24-12-10-22(20-34)11-13-24)36-31(35-29)27-8-5-9-28(32)17-27/h3-17,21,29-31,34H,18-20,32H2,1-2H3/t21-,29-,30+,31+/m1/s1. The number of ether oxygens (including phenoxy) is 2.